The van der Waals surface area contributed by atoms with Crippen LogP contribution in [0.1, 0.15) is 41.1 Å². The van der Waals surface area contributed by atoms with E-state index in [0.717, 1.165) is 0 Å². The summed E-state index contributed by atoms with van der Waals surface area (Å²) < 4.78 is 13.8. The van der Waals surface area contributed by atoms with Crippen LogP contribution in [0.3, 0.4) is 0 Å². The minimum Gasteiger partial charge on any atom is -0.375 e. The Morgan fingerprint density at radius 1 is 1.25 bits per heavy atom. The number of fused-ring (bicyclic) bond motifs is 1. The summed E-state index contributed by atoms with van der Waals surface area (Å²) in [6, 6.07) is 7.14. The number of aryl methyl sites for hydroxylation is 2. The molecule has 4 heteroatoms. The van der Waals surface area contributed by atoms with Crippen LogP contribution in [0, 0.1) is 5.82 Å². The van der Waals surface area contributed by atoms with Crippen LogP contribution >= 0.6 is 22.9 Å². The molecule has 0 saturated carbocycles. The maximum Gasteiger partial charge on any atom is 0.147 e. The van der Waals surface area contributed by atoms with Crippen LogP contribution < -0.4 is 5.32 Å². The van der Waals surface area contributed by atoms with Gasteiger partial charge in [-0.1, -0.05) is 11.6 Å². The normalized spacial score (nSPS) is 15.8. The number of hydrogen-bond acceptors (Lipinski definition) is 2. The van der Waals surface area contributed by atoms with E-state index in [1.54, 1.807) is 12.1 Å². The van der Waals surface area contributed by atoms with E-state index in [4.69, 9.17) is 11.6 Å². The second-order valence-electron chi connectivity index (χ2n) is 5.29. The van der Waals surface area contributed by atoms with Gasteiger partial charge >= 0.3 is 0 Å². The average Bonchev–Trinajstić information content (AvgIpc) is 2.86. The van der Waals surface area contributed by atoms with Crippen LogP contribution in [0.2, 0.25) is 5.02 Å². The number of anilines is 1. The Morgan fingerprint density at radius 2 is 2.05 bits per heavy atom. The molecule has 1 aromatic heterocycles. The molecular formula is C16H17ClFNS. The molecule has 2 aromatic rings. The Bertz CT molecular complexity index is 599. The van der Waals surface area contributed by atoms with Crippen molar-refractivity contribution in [2.45, 2.75) is 38.6 Å². The molecule has 106 valence electrons. The number of benzene rings is 1. The second-order valence-corrected chi connectivity index (χ2v) is 6.90. The largest absolute Gasteiger partial charge is 0.375 e. The third-order valence-electron chi connectivity index (χ3n) is 3.75. The molecule has 0 fully saturated rings. The number of hydrogen-bond donors (Lipinski definition) is 1. The van der Waals surface area contributed by atoms with Gasteiger partial charge in [0.1, 0.15) is 5.82 Å². The molecule has 0 saturated heterocycles. The van der Waals surface area contributed by atoms with E-state index in [2.05, 4.69) is 18.3 Å². The van der Waals surface area contributed by atoms with E-state index in [0.29, 0.717) is 10.7 Å². The predicted octanol–water partition coefficient (Wildman–Crippen LogP) is 5.59. The Labute approximate surface area is 127 Å². The first-order valence-corrected chi connectivity index (χ1v) is 8.16. The fraction of sp³-hybridized carbons (Fsp3) is 0.375. The van der Waals surface area contributed by atoms with Crippen molar-refractivity contribution in [3.8, 4) is 0 Å². The second kappa shape index (κ2) is 5.74. The smallest absolute Gasteiger partial charge is 0.147 e. The molecule has 1 unspecified atom stereocenters. The number of rotatable bonds is 3. The van der Waals surface area contributed by atoms with Gasteiger partial charge in [-0.15, -0.1) is 11.3 Å². The summed E-state index contributed by atoms with van der Waals surface area (Å²) in [5.41, 5.74) is 2.00. The monoisotopic (exact) mass is 309 g/mol. The van der Waals surface area contributed by atoms with Gasteiger partial charge in [0.15, 0.2) is 0 Å². The zero-order valence-electron chi connectivity index (χ0n) is 11.4. The number of thiophene rings is 1. The highest BCUT2D eigenvalue weighted by Crippen LogP contribution is 2.34. The van der Waals surface area contributed by atoms with Crippen molar-refractivity contribution in [2.24, 2.45) is 0 Å². The highest BCUT2D eigenvalue weighted by molar-refractivity contribution is 7.12. The van der Waals surface area contributed by atoms with E-state index in [1.165, 1.54) is 47.1 Å². The summed E-state index contributed by atoms with van der Waals surface area (Å²) in [5.74, 6) is -0.300. The summed E-state index contributed by atoms with van der Waals surface area (Å²) in [6.45, 7) is 2.07. The fourth-order valence-electron chi connectivity index (χ4n) is 2.64. The predicted molar refractivity (Wildman–Crippen MR) is 84.4 cm³/mol. The lowest BCUT2D eigenvalue weighted by molar-refractivity contribution is 0.628. The third-order valence-corrected chi connectivity index (χ3v) is 5.40. The van der Waals surface area contributed by atoms with Gasteiger partial charge in [0, 0.05) is 14.8 Å². The lowest BCUT2D eigenvalue weighted by atomic mass is 9.99. The van der Waals surface area contributed by atoms with Crippen LogP contribution in [0.5, 0.6) is 0 Å². The van der Waals surface area contributed by atoms with Gasteiger partial charge in [-0.25, -0.2) is 4.39 Å². The van der Waals surface area contributed by atoms with Crippen molar-refractivity contribution in [3.63, 3.8) is 0 Å². The lowest BCUT2D eigenvalue weighted by Gasteiger charge is -2.14. The number of nitrogens with one attached hydrogen (secondary N) is 1. The SMILES string of the molecule is CC(Nc1ccc(Cl)cc1F)c1cc2c(s1)CCCC2. The van der Waals surface area contributed by atoms with Gasteiger partial charge in [0.2, 0.25) is 0 Å². The maximum atomic E-state index is 13.8. The Kier molecular flexibility index (Phi) is 3.99. The maximum absolute atomic E-state index is 13.8. The van der Waals surface area contributed by atoms with Crippen LogP contribution in [0.4, 0.5) is 10.1 Å². The molecule has 1 heterocycles. The van der Waals surface area contributed by atoms with Crippen LogP contribution in [0.25, 0.3) is 0 Å². The topological polar surface area (TPSA) is 12.0 Å². The molecule has 0 spiro atoms. The minimum absolute atomic E-state index is 0.112. The van der Waals surface area contributed by atoms with E-state index in [9.17, 15) is 4.39 Å². The Balaban J connectivity index is 1.78. The molecule has 1 nitrogen and oxygen atoms in total. The summed E-state index contributed by atoms with van der Waals surface area (Å²) in [6.07, 6.45) is 4.97. The first-order chi connectivity index (χ1) is 9.63. The van der Waals surface area contributed by atoms with E-state index in [1.807, 2.05) is 11.3 Å². The third kappa shape index (κ3) is 2.84. The van der Waals surface area contributed by atoms with Crippen LogP contribution in [0.15, 0.2) is 24.3 Å². The summed E-state index contributed by atoms with van der Waals surface area (Å²) >= 11 is 7.63. The lowest BCUT2D eigenvalue weighted by Crippen LogP contribution is -2.06. The van der Waals surface area contributed by atoms with Crippen molar-refractivity contribution in [1.82, 2.24) is 0 Å². The van der Waals surface area contributed by atoms with E-state index in [-0.39, 0.29) is 11.9 Å². The summed E-state index contributed by atoms with van der Waals surface area (Å²) in [7, 11) is 0. The zero-order valence-corrected chi connectivity index (χ0v) is 13.0. The highest BCUT2D eigenvalue weighted by atomic mass is 35.5. The zero-order chi connectivity index (χ0) is 14.1. The van der Waals surface area contributed by atoms with Crippen molar-refractivity contribution in [3.05, 3.63) is 50.4 Å². The van der Waals surface area contributed by atoms with Crippen molar-refractivity contribution >= 4 is 28.6 Å². The summed E-state index contributed by atoms with van der Waals surface area (Å²) in [4.78, 5) is 2.79. The molecule has 1 atom stereocenters. The standard InChI is InChI=1S/C16H17ClFNS/c1-10(19-14-7-6-12(17)9-13(14)18)16-8-11-4-2-3-5-15(11)20-16/h6-10,19H,2-5H2,1H3. The molecule has 1 aliphatic rings. The van der Waals surface area contributed by atoms with Gasteiger partial charge in [-0.2, -0.15) is 0 Å². The minimum atomic E-state index is -0.300. The molecular weight excluding hydrogens is 293 g/mol. The average molecular weight is 310 g/mol. The Morgan fingerprint density at radius 3 is 2.80 bits per heavy atom. The van der Waals surface area contributed by atoms with Crippen molar-refractivity contribution in [1.29, 1.82) is 0 Å². The van der Waals surface area contributed by atoms with E-state index < -0.39 is 0 Å². The van der Waals surface area contributed by atoms with Gasteiger partial charge in [0.25, 0.3) is 0 Å². The number of halogens is 2. The van der Waals surface area contributed by atoms with Crippen LogP contribution in [-0.4, -0.2) is 0 Å². The van der Waals surface area contributed by atoms with Crippen molar-refractivity contribution < 1.29 is 4.39 Å². The molecule has 0 aliphatic heterocycles. The quantitative estimate of drug-likeness (QED) is 0.779. The molecule has 1 aromatic carbocycles. The molecule has 0 radical (unpaired) electrons. The first kappa shape index (κ1) is 13.9. The Hall–Kier alpha value is -1.06. The molecule has 0 bridgehead atoms. The van der Waals surface area contributed by atoms with Gasteiger partial charge in [-0.05, 0) is 62.4 Å². The van der Waals surface area contributed by atoms with Crippen molar-refractivity contribution in [2.75, 3.05) is 5.32 Å². The molecule has 20 heavy (non-hydrogen) atoms. The van der Waals surface area contributed by atoms with Gasteiger partial charge < -0.3 is 5.32 Å². The molecule has 0 amide bonds. The van der Waals surface area contributed by atoms with Gasteiger partial charge in [0.05, 0.1) is 11.7 Å². The fourth-order valence-corrected chi connectivity index (χ4v) is 4.06. The van der Waals surface area contributed by atoms with Gasteiger partial charge in [-0.3, -0.25) is 0 Å². The van der Waals surface area contributed by atoms with E-state index >= 15 is 0 Å². The molecule has 1 aliphatic carbocycles. The first-order valence-electron chi connectivity index (χ1n) is 6.96. The van der Waals surface area contributed by atoms with Crippen LogP contribution in [-0.2, 0) is 12.8 Å². The summed E-state index contributed by atoms with van der Waals surface area (Å²) in [5, 5.41) is 3.66. The molecule has 3 rings (SSSR count). The highest BCUT2D eigenvalue weighted by Gasteiger charge is 2.17. The molecule has 1 N–H and O–H groups in total.